The van der Waals surface area contributed by atoms with Gasteiger partial charge in [0.2, 0.25) is 0 Å². The molecule has 0 saturated heterocycles. The normalized spacial score (nSPS) is 26.9. The van der Waals surface area contributed by atoms with Gasteiger partial charge in [0.05, 0.1) is 9.50 Å². The van der Waals surface area contributed by atoms with Crippen molar-refractivity contribution in [2.24, 2.45) is 0 Å². The first-order chi connectivity index (χ1) is 10.2. The van der Waals surface area contributed by atoms with E-state index in [1.165, 1.54) is 17.5 Å². The van der Waals surface area contributed by atoms with Crippen LogP contribution in [0.3, 0.4) is 0 Å². The molecule has 2 unspecified atom stereocenters. The van der Waals surface area contributed by atoms with E-state index in [1.807, 2.05) is 18.5 Å². The molecule has 4 rings (SSSR count). The molecule has 1 N–H and O–H groups in total. The highest BCUT2D eigenvalue weighted by atomic mass is 79.9. The van der Waals surface area contributed by atoms with E-state index in [1.54, 1.807) is 6.20 Å². The van der Waals surface area contributed by atoms with Crippen LogP contribution in [-0.4, -0.2) is 16.5 Å². The van der Waals surface area contributed by atoms with E-state index in [9.17, 15) is 0 Å². The van der Waals surface area contributed by atoms with Gasteiger partial charge in [-0.25, -0.2) is 4.98 Å². The Kier molecular flexibility index (Phi) is 3.19. The summed E-state index contributed by atoms with van der Waals surface area (Å²) in [4.78, 5) is 8.74. The quantitative estimate of drug-likeness (QED) is 0.808. The van der Waals surface area contributed by atoms with Crippen LogP contribution >= 0.6 is 27.5 Å². The third kappa shape index (κ3) is 2.08. The fraction of sp³-hybridized carbons (Fsp3) is 0.375. The van der Waals surface area contributed by atoms with Crippen LogP contribution in [0.1, 0.15) is 36.3 Å². The van der Waals surface area contributed by atoms with Crippen molar-refractivity contribution in [3.05, 3.63) is 51.3 Å². The van der Waals surface area contributed by atoms with Crippen LogP contribution < -0.4 is 5.32 Å². The molecule has 5 heteroatoms. The van der Waals surface area contributed by atoms with Gasteiger partial charge < -0.3 is 5.32 Å². The maximum absolute atomic E-state index is 6.56. The zero-order valence-corrected chi connectivity index (χ0v) is 13.8. The molecule has 2 atom stereocenters. The first kappa shape index (κ1) is 13.5. The SMILES string of the molecule is Clc1c(Br)cnc2c1C1(CCC(c3cccnc3)C1)CN2. The Balaban J connectivity index is 1.72. The number of rotatable bonds is 1. The van der Waals surface area contributed by atoms with Crippen molar-refractivity contribution in [2.75, 3.05) is 11.9 Å². The van der Waals surface area contributed by atoms with Crippen molar-refractivity contribution < 1.29 is 0 Å². The molecule has 1 saturated carbocycles. The lowest BCUT2D eigenvalue weighted by Gasteiger charge is -2.24. The Morgan fingerprint density at radius 2 is 2.29 bits per heavy atom. The lowest BCUT2D eigenvalue weighted by atomic mass is 9.80. The smallest absolute Gasteiger partial charge is 0.131 e. The predicted molar refractivity (Wildman–Crippen MR) is 87.9 cm³/mol. The largest absolute Gasteiger partial charge is 0.369 e. The van der Waals surface area contributed by atoms with E-state index in [2.05, 4.69) is 37.3 Å². The summed E-state index contributed by atoms with van der Waals surface area (Å²) >= 11 is 10.1. The number of nitrogens with one attached hydrogen (secondary N) is 1. The van der Waals surface area contributed by atoms with Crippen molar-refractivity contribution in [3.63, 3.8) is 0 Å². The standard InChI is InChI=1S/C16H15BrClN3/c17-12-8-20-15-13(14(12)18)16(9-21-15)4-3-10(6-16)11-2-1-5-19-7-11/h1-2,5,7-8,10H,3-4,6,9H2,(H,20,21). The summed E-state index contributed by atoms with van der Waals surface area (Å²) in [5.41, 5.74) is 2.65. The molecule has 21 heavy (non-hydrogen) atoms. The van der Waals surface area contributed by atoms with E-state index < -0.39 is 0 Å². The fourth-order valence-electron chi connectivity index (χ4n) is 3.84. The second-order valence-corrected chi connectivity index (χ2v) is 7.24. The molecule has 3 heterocycles. The summed E-state index contributed by atoms with van der Waals surface area (Å²) in [6, 6.07) is 4.20. The minimum Gasteiger partial charge on any atom is -0.369 e. The van der Waals surface area contributed by atoms with E-state index >= 15 is 0 Å². The number of nitrogens with zero attached hydrogens (tertiary/aromatic N) is 2. The minimum atomic E-state index is 0.115. The summed E-state index contributed by atoms with van der Waals surface area (Å²) in [6.07, 6.45) is 9.03. The zero-order chi connectivity index (χ0) is 14.4. The average molecular weight is 365 g/mol. The lowest BCUT2D eigenvalue weighted by molar-refractivity contribution is 0.480. The molecule has 0 amide bonds. The Hall–Kier alpha value is -1.13. The highest BCUT2D eigenvalue weighted by Gasteiger charge is 2.47. The van der Waals surface area contributed by atoms with E-state index in [0.29, 0.717) is 5.92 Å². The maximum atomic E-state index is 6.56. The summed E-state index contributed by atoms with van der Waals surface area (Å²) in [5.74, 6) is 1.51. The molecule has 2 aromatic heterocycles. The highest BCUT2D eigenvalue weighted by molar-refractivity contribution is 9.10. The number of fused-ring (bicyclic) bond motifs is 2. The number of pyridine rings is 2. The second-order valence-electron chi connectivity index (χ2n) is 6.00. The monoisotopic (exact) mass is 363 g/mol. The van der Waals surface area contributed by atoms with Gasteiger partial charge in [0.1, 0.15) is 5.82 Å². The van der Waals surface area contributed by atoms with Crippen molar-refractivity contribution in [1.29, 1.82) is 0 Å². The van der Waals surface area contributed by atoms with Crippen molar-refractivity contribution in [1.82, 2.24) is 9.97 Å². The van der Waals surface area contributed by atoms with E-state index in [-0.39, 0.29) is 5.41 Å². The van der Waals surface area contributed by atoms with E-state index in [0.717, 1.165) is 34.7 Å². The highest BCUT2D eigenvalue weighted by Crippen LogP contribution is 2.55. The first-order valence-corrected chi connectivity index (χ1v) is 8.35. The maximum Gasteiger partial charge on any atom is 0.131 e. The Morgan fingerprint density at radius 3 is 3.10 bits per heavy atom. The van der Waals surface area contributed by atoms with Crippen LogP contribution in [0.15, 0.2) is 35.2 Å². The molecule has 1 spiro atoms. The molecule has 0 bridgehead atoms. The summed E-state index contributed by atoms with van der Waals surface area (Å²) in [5, 5.41) is 4.26. The van der Waals surface area contributed by atoms with Gasteiger partial charge in [0.25, 0.3) is 0 Å². The van der Waals surface area contributed by atoms with E-state index in [4.69, 9.17) is 11.6 Å². The lowest BCUT2D eigenvalue weighted by Crippen LogP contribution is -2.25. The molecule has 0 radical (unpaired) electrons. The summed E-state index contributed by atoms with van der Waals surface area (Å²) < 4.78 is 0.885. The fourth-order valence-corrected chi connectivity index (χ4v) is 4.48. The van der Waals surface area contributed by atoms with Crippen LogP contribution in [0.2, 0.25) is 5.02 Å². The molecule has 1 fully saturated rings. The zero-order valence-electron chi connectivity index (χ0n) is 11.4. The molecule has 2 aromatic rings. The van der Waals surface area contributed by atoms with Gasteiger partial charge >= 0.3 is 0 Å². The molecule has 2 aliphatic rings. The Morgan fingerprint density at radius 1 is 1.38 bits per heavy atom. The molecule has 3 nitrogen and oxygen atoms in total. The summed E-state index contributed by atoms with van der Waals surface area (Å²) in [6.45, 7) is 0.933. The van der Waals surface area contributed by atoms with Gasteiger partial charge in [-0.1, -0.05) is 17.7 Å². The topological polar surface area (TPSA) is 37.8 Å². The second kappa shape index (κ2) is 4.96. The molecule has 0 aromatic carbocycles. The van der Waals surface area contributed by atoms with Gasteiger partial charge in [-0.05, 0) is 52.7 Å². The number of hydrogen-bond donors (Lipinski definition) is 1. The van der Waals surface area contributed by atoms with Crippen LogP contribution in [0, 0.1) is 0 Å². The summed E-state index contributed by atoms with van der Waals surface area (Å²) in [7, 11) is 0. The average Bonchev–Trinajstić information content (AvgIpc) is 3.10. The van der Waals surface area contributed by atoms with Gasteiger partial charge in [-0.3, -0.25) is 4.98 Å². The van der Waals surface area contributed by atoms with Gasteiger partial charge in [0.15, 0.2) is 0 Å². The first-order valence-electron chi connectivity index (χ1n) is 7.18. The van der Waals surface area contributed by atoms with Gasteiger partial charge in [0, 0.05) is 36.1 Å². The van der Waals surface area contributed by atoms with Crippen LogP contribution in [0.25, 0.3) is 0 Å². The van der Waals surface area contributed by atoms with Crippen LogP contribution in [-0.2, 0) is 5.41 Å². The molecular weight excluding hydrogens is 350 g/mol. The number of anilines is 1. The number of aromatic nitrogens is 2. The van der Waals surface area contributed by atoms with Gasteiger partial charge in [-0.2, -0.15) is 0 Å². The predicted octanol–water partition coefficient (Wildman–Crippen LogP) is 4.52. The Labute approximate surface area is 137 Å². The molecular formula is C16H15BrClN3. The van der Waals surface area contributed by atoms with Crippen molar-refractivity contribution in [3.8, 4) is 0 Å². The number of hydrogen-bond acceptors (Lipinski definition) is 3. The Bertz CT molecular complexity index is 691. The molecule has 1 aliphatic heterocycles. The minimum absolute atomic E-state index is 0.115. The number of halogens is 2. The molecule has 1 aliphatic carbocycles. The van der Waals surface area contributed by atoms with Crippen LogP contribution in [0.4, 0.5) is 5.82 Å². The van der Waals surface area contributed by atoms with Crippen molar-refractivity contribution in [2.45, 2.75) is 30.6 Å². The molecule has 108 valence electrons. The third-order valence-electron chi connectivity index (χ3n) is 4.86. The third-order valence-corrected chi connectivity index (χ3v) is 6.08. The van der Waals surface area contributed by atoms with Crippen LogP contribution in [0.5, 0.6) is 0 Å². The van der Waals surface area contributed by atoms with Gasteiger partial charge in [-0.15, -0.1) is 0 Å². The van der Waals surface area contributed by atoms with Crippen molar-refractivity contribution >= 4 is 33.3 Å².